The third kappa shape index (κ3) is 2.25. The molecule has 0 saturated heterocycles. The van der Waals surface area contributed by atoms with Crippen molar-refractivity contribution in [2.45, 2.75) is 0 Å². The molecular formula is C13H13NO6. The third-order valence-corrected chi connectivity index (χ3v) is 2.70. The molecule has 20 heavy (non-hydrogen) atoms. The summed E-state index contributed by atoms with van der Waals surface area (Å²) in [6.07, 6.45) is 1.07. The van der Waals surface area contributed by atoms with Crippen molar-refractivity contribution < 1.29 is 28.5 Å². The molecule has 0 unspecified atom stereocenters. The van der Waals surface area contributed by atoms with E-state index in [0.717, 1.165) is 6.39 Å². The van der Waals surface area contributed by atoms with Crippen molar-refractivity contribution in [3.63, 3.8) is 0 Å². The van der Waals surface area contributed by atoms with Gasteiger partial charge < -0.3 is 23.7 Å². The summed E-state index contributed by atoms with van der Waals surface area (Å²) in [5.74, 6) is 0.151. The number of ether oxygens (including phenoxy) is 3. The van der Waals surface area contributed by atoms with Crippen molar-refractivity contribution in [2.75, 3.05) is 21.3 Å². The molecule has 1 N–H and O–H groups in total. The van der Waals surface area contributed by atoms with Crippen LogP contribution in [-0.2, 0) is 0 Å². The van der Waals surface area contributed by atoms with Crippen LogP contribution in [0, 0.1) is 0 Å². The van der Waals surface area contributed by atoms with Crippen LogP contribution in [0.2, 0.25) is 0 Å². The van der Waals surface area contributed by atoms with Gasteiger partial charge in [0.25, 0.3) is 0 Å². The van der Waals surface area contributed by atoms with E-state index in [1.54, 1.807) is 12.1 Å². The van der Waals surface area contributed by atoms with E-state index in [2.05, 4.69) is 4.98 Å². The fourth-order valence-corrected chi connectivity index (χ4v) is 1.82. The molecule has 0 saturated carbocycles. The number of carboxylic acid groups (broad SMARTS) is 1. The molecule has 0 aliphatic heterocycles. The Morgan fingerprint density at radius 3 is 2.20 bits per heavy atom. The fourth-order valence-electron chi connectivity index (χ4n) is 1.82. The Hall–Kier alpha value is -2.70. The van der Waals surface area contributed by atoms with E-state index in [0.29, 0.717) is 22.8 Å². The average Bonchev–Trinajstić information content (AvgIpc) is 2.95. The number of oxazole rings is 1. The van der Waals surface area contributed by atoms with E-state index in [1.807, 2.05) is 0 Å². The third-order valence-electron chi connectivity index (χ3n) is 2.70. The maximum absolute atomic E-state index is 11.1. The van der Waals surface area contributed by atoms with Gasteiger partial charge in [0, 0.05) is 5.56 Å². The number of aromatic nitrogens is 1. The van der Waals surface area contributed by atoms with Crippen molar-refractivity contribution in [3.05, 3.63) is 24.2 Å². The van der Waals surface area contributed by atoms with Gasteiger partial charge in [0.1, 0.15) is 0 Å². The molecule has 0 aliphatic carbocycles. The normalized spacial score (nSPS) is 10.2. The Bertz CT molecular complexity index is 609. The summed E-state index contributed by atoms with van der Waals surface area (Å²) in [6.45, 7) is 0. The minimum Gasteiger partial charge on any atom is -0.493 e. The van der Waals surface area contributed by atoms with Gasteiger partial charge in [-0.3, -0.25) is 0 Å². The molecule has 7 heteroatoms. The molecule has 7 nitrogen and oxygen atoms in total. The molecule has 1 aromatic carbocycles. The molecule has 106 valence electrons. The van der Waals surface area contributed by atoms with Crippen LogP contribution in [-0.4, -0.2) is 37.4 Å². The second kappa shape index (κ2) is 5.52. The van der Waals surface area contributed by atoms with Crippen molar-refractivity contribution in [1.29, 1.82) is 0 Å². The van der Waals surface area contributed by atoms with Crippen LogP contribution in [0.1, 0.15) is 10.5 Å². The molecule has 0 spiro atoms. The van der Waals surface area contributed by atoms with Crippen LogP contribution < -0.4 is 14.2 Å². The number of carbonyl (C=O) groups is 1. The van der Waals surface area contributed by atoms with Crippen molar-refractivity contribution in [1.82, 2.24) is 4.98 Å². The highest BCUT2D eigenvalue weighted by molar-refractivity contribution is 5.92. The molecule has 1 heterocycles. The van der Waals surface area contributed by atoms with Gasteiger partial charge in [-0.25, -0.2) is 9.78 Å². The Morgan fingerprint density at radius 2 is 1.75 bits per heavy atom. The molecule has 0 amide bonds. The molecule has 1 aromatic heterocycles. The van der Waals surface area contributed by atoms with Gasteiger partial charge in [-0.1, -0.05) is 0 Å². The van der Waals surface area contributed by atoms with Gasteiger partial charge in [0.05, 0.1) is 21.3 Å². The summed E-state index contributed by atoms with van der Waals surface area (Å²) in [5.41, 5.74) is 0.286. The highest BCUT2D eigenvalue weighted by Crippen LogP contribution is 2.41. The first kappa shape index (κ1) is 13.7. The molecule has 0 fully saturated rings. The first-order valence-electron chi connectivity index (χ1n) is 5.59. The highest BCUT2D eigenvalue weighted by atomic mass is 16.5. The Balaban J connectivity index is 2.63. The molecule has 2 aromatic rings. The molecule has 0 aliphatic rings. The van der Waals surface area contributed by atoms with E-state index >= 15 is 0 Å². The summed E-state index contributed by atoms with van der Waals surface area (Å²) in [5, 5.41) is 9.06. The maximum atomic E-state index is 11.1. The standard InChI is InChI=1S/C13H13NO6/c1-17-8-4-7(5-9(18-2)12(8)19-3)11-10(13(15)16)14-6-20-11/h4-6H,1-3H3,(H,15,16). The lowest BCUT2D eigenvalue weighted by molar-refractivity contribution is 0.0691. The topological polar surface area (TPSA) is 91.0 Å². The number of benzene rings is 1. The first-order chi connectivity index (χ1) is 9.62. The van der Waals surface area contributed by atoms with Crippen LogP contribution in [0.4, 0.5) is 0 Å². The lowest BCUT2D eigenvalue weighted by Gasteiger charge is -2.13. The number of hydrogen-bond acceptors (Lipinski definition) is 6. The van der Waals surface area contributed by atoms with Gasteiger partial charge in [-0.2, -0.15) is 0 Å². The van der Waals surface area contributed by atoms with E-state index in [4.69, 9.17) is 23.7 Å². The SMILES string of the molecule is COc1cc(-c2ocnc2C(=O)O)cc(OC)c1OC. The quantitative estimate of drug-likeness (QED) is 0.895. The van der Waals surface area contributed by atoms with Crippen LogP contribution in [0.5, 0.6) is 17.2 Å². The smallest absolute Gasteiger partial charge is 0.358 e. The summed E-state index contributed by atoms with van der Waals surface area (Å²) in [7, 11) is 4.43. The largest absolute Gasteiger partial charge is 0.493 e. The number of hydrogen-bond donors (Lipinski definition) is 1. The van der Waals surface area contributed by atoms with Crippen LogP contribution in [0.15, 0.2) is 22.9 Å². The first-order valence-corrected chi connectivity index (χ1v) is 5.59. The van der Waals surface area contributed by atoms with Crippen LogP contribution >= 0.6 is 0 Å². The van der Waals surface area contributed by atoms with Crippen LogP contribution in [0.3, 0.4) is 0 Å². The number of rotatable bonds is 5. The molecule has 0 atom stereocenters. The zero-order valence-corrected chi connectivity index (χ0v) is 11.2. The predicted octanol–water partition coefficient (Wildman–Crippen LogP) is 2.07. The number of methoxy groups -OCH3 is 3. The highest BCUT2D eigenvalue weighted by Gasteiger charge is 2.21. The van der Waals surface area contributed by atoms with Gasteiger partial charge >= 0.3 is 5.97 Å². The van der Waals surface area contributed by atoms with Gasteiger partial charge in [-0.05, 0) is 12.1 Å². The van der Waals surface area contributed by atoms with E-state index in [1.165, 1.54) is 21.3 Å². The van der Waals surface area contributed by atoms with E-state index in [-0.39, 0.29) is 11.5 Å². The molecular weight excluding hydrogens is 266 g/mol. The molecule has 2 rings (SSSR count). The average molecular weight is 279 g/mol. The lowest BCUT2D eigenvalue weighted by Crippen LogP contribution is -2.00. The second-order valence-corrected chi connectivity index (χ2v) is 3.75. The second-order valence-electron chi connectivity index (χ2n) is 3.75. The molecule has 0 radical (unpaired) electrons. The summed E-state index contributed by atoms with van der Waals surface area (Å²) in [4.78, 5) is 14.7. The van der Waals surface area contributed by atoms with Crippen molar-refractivity contribution in [3.8, 4) is 28.6 Å². The predicted molar refractivity (Wildman–Crippen MR) is 68.6 cm³/mol. The minimum atomic E-state index is -1.18. The van der Waals surface area contributed by atoms with Gasteiger partial charge in [-0.15, -0.1) is 0 Å². The lowest BCUT2D eigenvalue weighted by atomic mass is 10.1. The Labute approximate surface area is 114 Å². The zero-order chi connectivity index (χ0) is 14.7. The fraction of sp³-hybridized carbons (Fsp3) is 0.231. The molecule has 0 bridgehead atoms. The number of carboxylic acids is 1. The number of aromatic carboxylic acids is 1. The summed E-state index contributed by atoms with van der Waals surface area (Å²) < 4.78 is 20.7. The Morgan fingerprint density at radius 1 is 1.15 bits per heavy atom. The summed E-state index contributed by atoms with van der Waals surface area (Å²) in [6, 6.07) is 3.18. The summed E-state index contributed by atoms with van der Waals surface area (Å²) >= 11 is 0. The minimum absolute atomic E-state index is 0.122. The monoisotopic (exact) mass is 279 g/mol. The maximum Gasteiger partial charge on any atom is 0.358 e. The van der Waals surface area contributed by atoms with Crippen LogP contribution in [0.25, 0.3) is 11.3 Å². The van der Waals surface area contributed by atoms with Crippen molar-refractivity contribution in [2.24, 2.45) is 0 Å². The zero-order valence-electron chi connectivity index (χ0n) is 11.2. The Kier molecular flexibility index (Phi) is 3.79. The van der Waals surface area contributed by atoms with E-state index < -0.39 is 5.97 Å². The number of nitrogens with zero attached hydrogens (tertiary/aromatic N) is 1. The van der Waals surface area contributed by atoms with Gasteiger partial charge in [0.15, 0.2) is 29.3 Å². The van der Waals surface area contributed by atoms with Gasteiger partial charge in [0.2, 0.25) is 5.75 Å². The van der Waals surface area contributed by atoms with Crippen molar-refractivity contribution >= 4 is 5.97 Å². The van der Waals surface area contributed by atoms with E-state index in [9.17, 15) is 4.79 Å².